The molecule has 2 aromatic carbocycles. The zero-order valence-electron chi connectivity index (χ0n) is 14.3. The Kier molecular flexibility index (Phi) is 5.31. The van der Waals surface area contributed by atoms with Gasteiger partial charge in [-0.2, -0.15) is 0 Å². The van der Waals surface area contributed by atoms with Crippen LogP contribution in [-0.4, -0.2) is 17.2 Å². The molecule has 0 aliphatic rings. The average Bonchev–Trinajstić information content (AvgIpc) is 2.67. The van der Waals surface area contributed by atoms with Gasteiger partial charge in [0, 0.05) is 5.69 Å². The third-order valence-electron chi connectivity index (χ3n) is 3.95. The zero-order valence-corrected chi connectivity index (χ0v) is 14.3. The van der Waals surface area contributed by atoms with Crippen LogP contribution in [0.1, 0.15) is 28.6 Å². The number of aliphatic hydroxyl groups is 1. The van der Waals surface area contributed by atoms with Crippen molar-refractivity contribution in [1.29, 1.82) is 0 Å². The van der Waals surface area contributed by atoms with Gasteiger partial charge in [-0.1, -0.05) is 42.5 Å². The van der Waals surface area contributed by atoms with Crippen molar-refractivity contribution < 1.29 is 14.6 Å². The van der Waals surface area contributed by atoms with Gasteiger partial charge in [-0.05, 0) is 42.3 Å². The number of methoxy groups -OCH3 is 1. The van der Waals surface area contributed by atoms with E-state index >= 15 is 0 Å². The van der Waals surface area contributed by atoms with Gasteiger partial charge in [0.25, 0.3) is 0 Å². The van der Waals surface area contributed by atoms with Crippen LogP contribution in [0.15, 0.2) is 66.7 Å². The molecule has 4 nitrogen and oxygen atoms in total. The second-order valence-corrected chi connectivity index (χ2v) is 5.79. The van der Waals surface area contributed by atoms with Gasteiger partial charge in [0.2, 0.25) is 0 Å². The van der Waals surface area contributed by atoms with E-state index in [9.17, 15) is 5.11 Å². The maximum absolute atomic E-state index is 10.8. The maximum Gasteiger partial charge on any atom is 0.144 e. The topological polar surface area (TPSA) is 51.6 Å². The maximum atomic E-state index is 10.8. The van der Waals surface area contributed by atoms with Gasteiger partial charge >= 0.3 is 0 Å². The summed E-state index contributed by atoms with van der Waals surface area (Å²) >= 11 is 0. The van der Waals surface area contributed by atoms with Crippen LogP contribution >= 0.6 is 0 Å². The molecule has 0 radical (unpaired) electrons. The summed E-state index contributed by atoms with van der Waals surface area (Å²) < 4.78 is 11.1. The molecule has 0 saturated carbocycles. The highest BCUT2D eigenvalue weighted by Gasteiger charge is 2.18. The first-order valence-corrected chi connectivity index (χ1v) is 8.13. The van der Waals surface area contributed by atoms with Crippen LogP contribution in [0.3, 0.4) is 0 Å². The highest BCUT2D eigenvalue weighted by Crippen LogP contribution is 2.30. The Hall–Kier alpha value is -2.85. The SMILES string of the molecule is COc1ccc(C(O)c2nc(C)ccc2OCc2ccccc2)cc1. The van der Waals surface area contributed by atoms with Gasteiger partial charge in [-0.15, -0.1) is 0 Å². The molecule has 0 saturated heterocycles. The second kappa shape index (κ2) is 7.81. The molecule has 128 valence electrons. The molecule has 1 atom stereocenters. The molecule has 1 N–H and O–H groups in total. The van der Waals surface area contributed by atoms with Crippen LogP contribution in [-0.2, 0) is 6.61 Å². The number of aliphatic hydroxyl groups excluding tert-OH is 1. The molecule has 25 heavy (non-hydrogen) atoms. The van der Waals surface area contributed by atoms with Crippen molar-refractivity contribution in [3.63, 3.8) is 0 Å². The lowest BCUT2D eigenvalue weighted by Gasteiger charge is -2.16. The summed E-state index contributed by atoms with van der Waals surface area (Å²) in [7, 11) is 1.61. The van der Waals surface area contributed by atoms with E-state index in [1.54, 1.807) is 7.11 Å². The molecule has 3 rings (SSSR count). The van der Waals surface area contributed by atoms with Crippen molar-refractivity contribution in [2.24, 2.45) is 0 Å². The fourth-order valence-electron chi connectivity index (χ4n) is 2.56. The highest BCUT2D eigenvalue weighted by molar-refractivity contribution is 5.38. The Balaban J connectivity index is 1.84. The molecule has 1 aromatic heterocycles. The van der Waals surface area contributed by atoms with Crippen molar-refractivity contribution >= 4 is 0 Å². The first-order chi connectivity index (χ1) is 12.2. The predicted molar refractivity (Wildman–Crippen MR) is 96.8 cm³/mol. The fourth-order valence-corrected chi connectivity index (χ4v) is 2.56. The summed E-state index contributed by atoms with van der Waals surface area (Å²) in [4.78, 5) is 4.50. The molecular formula is C21H21NO3. The number of rotatable bonds is 6. The minimum absolute atomic E-state index is 0.425. The average molecular weight is 335 g/mol. The molecule has 0 bridgehead atoms. The highest BCUT2D eigenvalue weighted by atomic mass is 16.5. The molecule has 1 unspecified atom stereocenters. The van der Waals surface area contributed by atoms with Gasteiger partial charge in [0.05, 0.1) is 7.11 Å². The number of pyridine rings is 1. The third-order valence-corrected chi connectivity index (χ3v) is 3.95. The van der Waals surface area contributed by atoms with Crippen LogP contribution in [0.5, 0.6) is 11.5 Å². The molecule has 0 amide bonds. The number of nitrogens with zero attached hydrogens (tertiary/aromatic N) is 1. The van der Waals surface area contributed by atoms with Gasteiger partial charge in [-0.3, -0.25) is 4.98 Å². The van der Waals surface area contributed by atoms with Crippen molar-refractivity contribution in [1.82, 2.24) is 4.98 Å². The Labute approximate surface area is 147 Å². The summed E-state index contributed by atoms with van der Waals surface area (Å²) in [5.41, 5.74) is 3.15. The van der Waals surface area contributed by atoms with Crippen LogP contribution in [0.25, 0.3) is 0 Å². The smallest absolute Gasteiger partial charge is 0.144 e. The van der Waals surface area contributed by atoms with Crippen LogP contribution in [0.2, 0.25) is 0 Å². The monoisotopic (exact) mass is 335 g/mol. The van der Waals surface area contributed by atoms with Crippen molar-refractivity contribution in [2.75, 3.05) is 7.11 Å². The van der Waals surface area contributed by atoms with Crippen LogP contribution in [0, 0.1) is 6.92 Å². The summed E-state index contributed by atoms with van der Waals surface area (Å²) in [5.74, 6) is 1.33. The van der Waals surface area contributed by atoms with E-state index in [1.807, 2.05) is 73.7 Å². The number of benzene rings is 2. The number of hydrogen-bond donors (Lipinski definition) is 1. The largest absolute Gasteiger partial charge is 0.497 e. The summed E-state index contributed by atoms with van der Waals surface area (Å²) in [6.45, 7) is 2.32. The molecule has 0 aliphatic carbocycles. The molecule has 0 spiro atoms. The number of hydrogen-bond acceptors (Lipinski definition) is 4. The summed E-state index contributed by atoms with van der Waals surface area (Å²) in [5, 5.41) is 10.8. The Morgan fingerprint density at radius 2 is 1.68 bits per heavy atom. The van der Waals surface area contributed by atoms with Gasteiger partial charge in [-0.25, -0.2) is 0 Å². The second-order valence-electron chi connectivity index (χ2n) is 5.79. The van der Waals surface area contributed by atoms with Crippen LogP contribution in [0.4, 0.5) is 0 Å². The van der Waals surface area contributed by atoms with E-state index in [4.69, 9.17) is 9.47 Å². The van der Waals surface area contributed by atoms with Crippen LogP contribution < -0.4 is 9.47 Å². The lowest BCUT2D eigenvalue weighted by molar-refractivity contribution is 0.203. The quantitative estimate of drug-likeness (QED) is 0.738. The minimum Gasteiger partial charge on any atom is -0.497 e. The molecule has 0 fully saturated rings. The minimum atomic E-state index is -0.864. The van der Waals surface area contributed by atoms with Gasteiger partial charge in [0.15, 0.2) is 0 Å². The first kappa shape index (κ1) is 17.0. The van der Waals surface area contributed by atoms with Gasteiger partial charge < -0.3 is 14.6 Å². The first-order valence-electron chi connectivity index (χ1n) is 8.13. The molecular weight excluding hydrogens is 314 g/mol. The van der Waals surface area contributed by atoms with Gasteiger partial charge in [0.1, 0.15) is 29.9 Å². The lowest BCUT2D eigenvalue weighted by atomic mass is 10.0. The Morgan fingerprint density at radius 3 is 2.36 bits per heavy atom. The Morgan fingerprint density at radius 1 is 0.960 bits per heavy atom. The number of aromatic nitrogens is 1. The number of ether oxygens (including phenoxy) is 2. The standard InChI is InChI=1S/C21H21NO3/c1-15-8-13-19(25-14-16-6-4-3-5-7-16)20(22-15)21(23)17-9-11-18(24-2)12-10-17/h3-13,21,23H,14H2,1-2H3. The van der Waals surface area contributed by atoms with Crippen molar-refractivity contribution in [3.8, 4) is 11.5 Å². The zero-order chi connectivity index (χ0) is 17.6. The normalized spacial score (nSPS) is 11.8. The summed E-state index contributed by atoms with van der Waals surface area (Å²) in [6, 6.07) is 20.9. The van der Waals surface area contributed by atoms with Crippen molar-refractivity contribution in [3.05, 3.63) is 89.2 Å². The number of aryl methyl sites for hydroxylation is 1. The van der Waals surface area contributed by atoms with E-state index in [2.05, 4.69) is 4.98 Å². The lowest BCUT2D eigenvalue weighted by Crippen LogP contribution is -2.07. The predicted octanol–water partition coefficient (Wildman–Crippen LogP) is 4.06. The molecule has 3 aromatic rings. The Bertz CT molecular complexity index is 816. The fraction of sp³-hybridized carbons (Fsp3) is 0.190. The van der Waals surface area contributed by atoms with E-state index in [-0.39, 0.29) is 0 Å². The molecule has 0 aliphatic heterocycles. The van der Waals surface area contributed by atoms with E-state index in [0.717, 1.165) is 22.6 Å². The summed E-state index contributed by atoms with van der Waals surface area (Å²) in [6.07, 6.45) is -0.864. The van der Waals surface area contributed by atoms with E-state index < -0.39 is 6.10 Å². The van der Waals surface area contributed by atoms with Crippen molar-refractivity contribution in [2.45, 2.75) is 19.6 Å². The van der Waals surface area contributed by atoms with E-state index in [1.165, 1.54) is 0 Å². The van der Waals surface area contributed by atoms with E-state index in [0.29, 0.717) is 18.1 Å². The molecule has 1 heterocycles. The molecule has 4 heteroatoms. The third kappa shape index (κ3) is 4.17.